The van der Waals surface area contributed by atoms with Gasteiger partial charge in [-0.05, 0) is 53.4 Å². The van der Waals surface area contributed by atoms with E-state index in [1.807, 2.05) is 23.5 Å². The lowest BCUT2D eigenvalue weighted by Gasteiger charge is -2.06. The zero-order valence-corrected chi connectivity index (χ0v) is 15.7. The van der Waals surface area contributed by atoms with Crippen molar-refractivity contribution in [1.82, 2.24) is 0 Å². The number of rotatable bonds is 4. The number of benzene rings is 3. The second kappa shape index (κ2) is 7.19. The van der Waals surface area contributed by atoms with Crippen molar-refractivity contribution in [2.45, 2.75) is 6.92 Å². The molecule has 0 bridgehead atoms. The maximum absolute atomic E-state index is 5.31. The van der Waals surface area contributed by atoms with Crippen molar-refractivity contribution in [3.8, 4) is 37.8 Å². The van der Waals surface area contributed by atoms with Gasteiger partial charge >= 0.3 is 0 Å². The van der Waals surface area contributed by atoms with Crippen LogP contribution in [-0.2, 0) is 0 Å². The highest BCUT2D eigenvalue weighted by molar-refractivity contribution is 7.19. The molecule has 0 radical (unpaired) electrons. The predicted molar refractivity (Wildman–Crippen MR) is 112 cm³/mol. The lowest BCUT2D eigenvalue weighted by atomic mass is 9.96. The monoisotopic (exact) mass is 356 g/mol. The zero-order valence-electron chi connectivity index (χ0n) is 14.9. The van der Waals surface area contributed by atoms with Gasteiger partial charge < -0.3 is 4.74 Å². The molecule has 0 atom stereocenters. The summed E-state index contributed by atoms with van der Waals surface area (Å²) in [6.45, 7) is 2.23. The fourth-order valence-electron chi connectivity index (χ4n) is 3.28. The average Bonchev–Trinajstić information content (AvgIpc) is 3.06. The number of methoxy groups -OCH3 is 1. The molecule has 0 N–H and O–H groups in total. The van der Waals surface area contributed by atoms with Gasteiger partial charge in [0.15, 0.2) is 0 Å². The van der Waals surface area contributed by atoms with Crippen LogP contribution in [0.1, 0.15) is 5.56 Å². The fourth-order valence-corrected chi connectivity index (χ4v) is 4.62. The Morgan fingerprint density at radius 2 is 1.15 bits per heavy atom. The van der Waals surface area contributed by atoms with E-state index in [9.17, 15) is 0 Å². The fraction of sp³-hybridized carbons (Fsp3) is 0.0833. The summed E-state index contributed by atoms with van der Waals surface area (Å²) >= 11 is 1.86. The van der Waals surface area contributed by atoms with Crippen LogP contribution in [-0.4, -0.2) is 7.11 Å². The van der Waals surface area contributed by atoms with Gasteiger partial charge in [-0.3, -0.25) is 0 Å². The molecular formula is C24H20OS. The Balaban J connectivity index is 1.93. The Bertz CT molecular complexity index is 1000. The van der Waals surface area contributed by atoms with Gasteiger partial charge in [0.05, 0.1) is 7.11 Å². The van der Waals surface area contributed by atoms with Gasteiger partial charge in [0.25, 0.3) is 0 Å². The second-order valence-corrected chi connectivity index (χ2v) is 7.24. The summed E-state index contributed by atoms with van der Waals surface area (Å²) in [5, 5.41) is 0. The third-order valence-electron chi connectivity index (χ3n) is 4.60. The summed E-state index contributed by atoms with van der Waals surface area (Å²) < 4.78 is 5.31. The maximum Gasteiger partial charge on any atom is 0.118 e. The molecule has 1 heterocycles. The van der Waals surface area contributed by atoms with Crippen molar-refractivity contribution in [3.05, 3.63) is 90.5 Å². The molecule has 0 fully saturated rings. The highest BCUT2D eigenvalue weighted by Gasteiger charge is 2.18. The molecule has 0 saturated carbocycles. The van der Waals surface area contributed by atoms with Crippen LogP contribution in [0.3, 0.4) is 0 Å². The van der Waals surface area contributed by atoms with Crippen molar-refractivity contribution >= 4 is 11.3 Å². The normalized spacial score (nSPS) is 10.7. The van der Waals surface area contributed by atoms with E-state index >= 15 is 0 Å². The first-order valence-corrected chi connectivity index (χ1v) is 9.48. The van der Waals surface area contributed by atoms with Crippen LogP contribution >= 0.6 is 11.3 Å². The van der Waals surface area contributed by atoms with E-state index in [1.165, 1.54) is 37.6 Å². The van der Waals surface area contributed by atoms with Crippen LogP contribution in [0.15, 0.2) is 84.9 Å². The molecule has 0 spiro atoms. The molecule has 4 aromatic rings. The van der Waals surface area contributed by atoms with Crippen LogP contribution in [0.2, 0.25) is 0 Å². The molecule has 0 aliphatic carbocycles. The smallest absolute Gasteiger partial charge is 0.118 e. The lowest BCUT2D eigenvalue weighted by Crippen LogP contribution is -1.84. The summed E-state index contributed by atoms with van der Waals surface area (Å²) in [4.78, 5) is 2.63. The molecule has 4 rings (SSSR count). The molecule has 1 nitrogen and oxygen atoms in total. The van der Waals surface area contributed by atoms with Crippen molar-refractivity contribution < 1.29 is 4.74 Å². The molecule has 3 aromatic carbocycles. The first-order chi connectivity index (χ1) is 12.8. The van der Waals surface area contributed by atoms with E-state index in [-0.39, 0.29) is 0 Å². The van der Waals surface area contributed by atoms with Gasteiger partial charge in [0.1, 0.15) is 5.75 Å². The number of hydrogen-bond donors (Lipinski definition) is 0. The molecule has 1 aromatic heterocycles. The van der Waals surface area contributed by atoms with E-state index in [2.05, 4.69) is 79.7 Å². The topological polar surface area (TPSA) is 9.23 Å². The molecular weight excluding hydrogens is 336 g/mol. The average molecular weight is 356 g/mol. The van der Waals surface area contributed by atoms with Crippen molar-refractivity contribution in [2.75, 3.05) is 7.11 Å². The standard InChI is InChI=1S/C24H20OS/c1-17-22(18-9-5-3-6-10-18)24(19-11-7-4-8-12-19)26-23(17)20-13-15-21(25-2)16-14-20/h3-16H,1-2H3. The zero-order chi connectivity index (χ0) is 17.9. The number of thiophene rings is 1. The van der Waals surface area contributed by atoms with Crippen molar-refractivity contribution in [1.29, 1.82) is 0 Å². The number of ether oxygens (including phenoxy) is 1. The molecule has 0 amide bonds. The summed E-state index contributed by atoms with van der Waals surface area (Å²) in [6.07, 6.45) is 0. The Labute approximate surface area is 158 Å². The first-order valence-electron chi connectivity index (χ1n) is 8.66. The quantitative estimate of drug-likeness (QED) is 0.380. The highest BCUT2D eigenvalue weighted by atomic mass is 32.1. The van der Waals surface area contributed by atoms with Crippen LogP contribution in [0.25, 0.3) is 32.0 Å². The van der Waals surface area contributed by atoms with Gasteiger partial charge in [0.2, 0.25) is 0 Å². The Hall–Kier alpha value is -2.84. The minimum atomic E-state index is 0.884. The largest absolute Gasteiger partial charge is 0.497 e. The van der Waals surface area contributed by atoms with E-state index in [1.54, 1.807) is 7.11 Å². The van der Waals surface area contributed by atoms with Gasteiger partial charge in [-0.25, -0.2) is 0 Å². The second-order valence-electron chi connectivity index (χ2n) is 6.22. The SMILES string of the molecule is COc1ccc(-c2sc(-c3ccccc3)c(-c3ccccc3)c2C)cc1. The maximum atomic E-state index is 5.31. The molecule has 0 saturated heterocycles. The lowest BCUT2D eigenvalue weighted by molar-refractivity contribution is 0.415. The minimum Gasteiger partial charge on any atom is -0.497 e. The Morgan fingerprint density at radius 3 is 1.73 bits per heavy atom. The van der Waals surface area contributed by atoms with Gasteiger partial charge in [0, 0.05) is 15.3 Å². The van der Waals surface area contributed by atoms with Crippen LogP contribution < -0.4 is 4.74 Å². The molecule has 0 aliphatic rings. The van der Waals surface area contributed by atoms with E-state index in [0.717, 1.165) is 5.75 Å². The van der Waals surface area contributed by atoms with Gasteiger partial charge in [-0.15, -0.1) is 11.3 Å². The van der Waals surface area contributed by atoms with E-state index in [4.69, 9.17) is 4.74 Å². The van der Waals surface area contributed by atoms with Crippen LogP contribution in [0, 0.1) is 6.92 Å². The Kier molecular flexibility index (Phi) is 4.59. The summed E-state index contributed by atoms with van der Waals surface area (Å²) in [7, 11) is 1.70. The minimum absolute atomic E-state index is 0.884. The molecule has 2 heteroatoms. The molecule has 128 valence electrons. The van der Waals surface area contributed by atoms with Crippen molar-refractivity contribution in [2.24, 2.45) is 0 Å². The summed E-state index contributed by atoms with van der Waals surface area (Å²) in [5.74, 6) is 0.884. The van der Waals surface area contributed by atoms with Crippen LogP contribution in [0.5, 0.6) is 5.75 Å². The van der Waals surface area contributed by atoms with Crippen molar-refractivity contribution in [3.63, 3.8) is 0 Å². The first kappa shape index (κ1) is 16.6. The number of hydrogen-bond acceptors (Lipinski definition) is 2. The third kappa shape index (κ3) is 3.04. The summed E-state index contributed by atoms with van der Waals surface area (Å²) in [6, 6.07) is 29.7. The van der Waals surface area contributed by atoms with E-state index < -0.39 is 0 Å². The molecule has 0 unspecified atom stereocenters. The van der Waals surface area contributed by atoms with Gasteiger partial charge in [-0.1, -0.05) is 60.7 Å². The van der Waals surface area contributed by atoms with Gasteiger partial charge in [-0.2, -0.15) is 0 Å². The highest BCUT2D eigenvalue weighted by Crippen LogP contribution is 2.46. The summed E-state index contributed by atoms with van der Waals surface area (Å²) in [5.41, 5.74) is 6.41. The molecule has 26 heavy (non-hydrogen) atoms. The van der Waals surface area contributed by atoms with E-state index in [0.29, 0.717) is 0 Å². The van der Waals surface area contributed by atoms with Crippen LogP contribution in [0.4, 0.5) is 0 Å². The molecule has 0 aliphatic heterocycles. The third-order valence-corrected chi connectivity index (χ3v) is 5.99. The predicted octanol–water partition coefficient (Wildman–Crippen LogP) is 7.07. The Morgan fingerprint density at radius 1 is 0.615 bits per heavy atom.